The van der Waals surface area contributed by atoms with Crippen LogP contribution in [0.4, 0.5) is 17.1 Å². The van der Waals surface area contributed by atoms with Gasteiger partial charge in [-0.3, -0.25) is 0 Å². The molecule has 5 nitrogen and oxygen atoms in total. The zero-order chi connectivity index (χ0) is 24.7. The zero-order valence-corrected chi connectivity index (χ0v) is 23.9. The molecule has 188 valence electrons. The molecule has 0 amide bonds. The van der Waals surface area contributed by atoms with Crippen LogP contribution in [0.15, 0.2) is 67.0 Å². The first-order valence-corrected chi connectivity index (χ1v) is 12.0. The van der Waals surface area contributed by atoms with Gasteiger partial charge in [0.25, 0.3) is 0 Å². The Morgan fingerprint density at radius 3 is 2.33 bits per heavy atom. The largest absolute Gasteiger partial charge is 4.00 e. The maximum Gasteiger partial charge on any atom is 4.00 e. The summed E-state index contributed by atoms with van der Waals surface area (Å²) in [5.41, 5.74) is 5.40. The van der Waals surface area contributed by atoms with Gasteiger partial charge in [0.2, 0.25) is 0 Å². The van der Waals surface area contributed by atoms with E-state index in [4.69, 9.17) is 4.74 Å². The first-order valence-electron chi connectivity index (χ1n) is 12.0. The average Bonchev–Trinajstić information content (AvgIpc) is 3.28. The summed E-state index contributed by atoms with van der Waals surface area (Å²) in [7, 11) is 4.12. The fraction of sp³-hybridized carbons (Fsp3) is 0.267. The van der Waals surface area contributed by atoms with E-state index in [-0.39, 0.29) is 26.6 Å². The molecule has 0 spiro atoms. The van der Waals surface area contributed by atoms with Crippen molar-refractivity contribution < 1.29 is 25.8 Å². The summed E-state index contributed by atoms with van der Waals surface area (Å²) < 4.78 is 6.34. The molecule has 6 heteroatoms. The van der Waals surface area contributed by atoms with Crippen LogP contribution in [0.2, 0.25) is 0 Å². The predicted octanol–water partition coefficient (Wildman–Crippen LogP) is 6.98. The molecule has 0 saturated heterocycles. The molecule has 0 aromatic heterocycles. The molecule has 5 rings (SSSR count). The molecule has 0 saturated carbocycles. The Labute approximate surface area is 230 Å². The van der Waals surface area contributed by atoms with Crippen molar-refractivity contribution in [1.82, 2.24) is 9.80 Å². The Balaban J connectivity index is 0.00000304. The topological polar surface area (TPSA) is 22.2 Å². The smallest absolute Gasteiger partial charge is 0.510 e. The first kappa shape index (κ1) is 26.3. The third kappa shape index (κ3) is 5.05. The summed E-state index contributed by atoms with van der Waals surface area (Å²) in [6.45, 7) is 13.0. The Morgan fingerprint density at radius 2 is 1.61 bits per heavy atom. The fourth-order valence-corrected chi connectivity index (χ4v) is 4.39. The number of hydrogen-bond acceptors (Lipinski definition) is 5. The zero-order valence-electron chi connectivity index (χ0n) is 21.6. The fourth-order valence-electron chi connectivity index (χ4n) is 4.39. The minimum Gasteiger partial charge on any atom is -0.510 e. The molecule has 2 heterocycles. The van der Waals surface area contributed by atoms with E-state index >= 15 is 0 Å². The Bertz CT molecular complexity index is 1260. The van der Waals surface area contributed by atoms with Gasteiger partial charge in [0.15, 0.2) is 0 Å². The number of ether oxygens (including phenoxy) is 1. The number of nitrogens with zero attached hydrogens (tertiary/aromatic N) is 4. The Hall–Kier alpha value is -2.75. The van der Waals surface area contributed by atoms with Crippen LogP contribution < -0.4 is 14.5 Å². The summed E-state index contributed by atoms with van der Waals surface area (Å²) in [4.78, 5) is 8.47. The standard InChI is InChI=1S/C30H32N4O.Pt/c1-22(2)23-16-25(33-15-14-31(5)20-33)19-27(17-23)35-26-11-9-10-24(18-26)34-21-32(6)30(3,4)28-12-7-8-13-29(28)34;/h7-17,20-22H,1-6H3;/q-4;+4. The van der Waals surface area contributed by atoms with Crippen molar-refractivity contribution in [3.63, 3.8) is 0 Å². The van der Waals surface area contributed by atoms with Gasteiger partial charge in [0.05, 0.1) is 0 Å². The molecule has 0 N–H and O–H groups in total. The van der Waals surface area contributed by atoms with E-state index in [1.165, 1.54) is 11.1 Å². The van der Waals surface area contributed by atoms with Crippen molar-refractivity contribution in [2.75, 3.05) is 23.9 Å². The number of fused-ring (bicyclic) bond motifs is 1. The van der Waals surface area contributed by atoms with E-state index in [1.807, 2.05) is 43.1 Å². The van der Waals surface area contributed by atoms with Gasteiger partial charge >= 0.3 is 21.1 Å². The minimum atomic E-state index is -0.0983. The Kier molecular flexibility index (Phi) is 7.54. The van der Waals surface area contributed by atoms with Crippen molar-refractivity contribution in [2.45, 2.75) is 39.2 Å². The van der Waals surface area contributed by atoms with E-state index < -0.39 is 0 Å². The molecule has 0 unspecified atom stereocenters. The second-order valence-corrected chi connectivity index (χ2v) is 9.98. The minimum absolute atomic E-state index is 0. The van der Waals surface area contributed by atoms with Crippen molar-refractivity contribution >= 4 is 17.1 Å². The maximum atomic E-state index is 6.34. The number of para-hydroxylation sites is 1. The van der Waals surface area contributed by atoms with Gasteiger partial charge in [-0.2, -0.15) is 19.4 Å². The maximum absolute atomic E-state index is 6.34. The molecule has 0 fully saturated rings. The molecule has 2 aliphatic heterocycles. The van der Waals surface area contributed by atoms with Gasteiger partial charge in [-0.1, -0.05) is 32.0 Å². The summed E-state index contributed by atoms with van der Waals surface area (Å²) in [6, 6.07) is 25.7. The van der Waals surface area contributed by atoms with E-state index in [1.54, 1.807) is 0 Å². The molecule has 3 aromatic carbocycles. The van der Waals surface area contributed by atoms with Crippen LogP contribution in [0.5, 0.6) is 11.5 Å². The van der Waals surface area contributed by atoms with Crippen molar-refractivity contribution in [1.29, 1.82) is 0 Å². The molecule has 0 atom stereocenters. The van der Waals surface area contributed by atoms with E-state index in [2.05, 4.69) is 111 Å². The predicted molar refractivity (Wildman–Crippen MR) is 142 cm³/mol. The van der Waals surface area contributed by atoms with Crippen LogP contribution in [0.25, 0.3) is 0 Å². The van der Waals surface area contributed by atoms with Crippen molar-refractivity contribution in [3.05, 3.63) is 104 Å². The van der Waals surface area contributed by atoms with Gasteiger partial charge in [0, 0.05) is 22.7 Å². The normalized spacial score (nSPS) is 16.8. The summed E-state index contributed by atoms with van der Waals surface area (Å²) in [5, 5.41) is 0. The van der Waals surface area contributed by atoms with Crippen LogP contribution in [-0.4, -0.2) is 23.9 Å². The van der Waals surface area contributed by atoms with Gasteiger partial charge in [-0.05, 0) is 57.9 Å². The molecule has 0 radical (unpaired) electrons. The van der Waals surface area contributed by atoms with Crippen LogP contribution in [-0.2, 0) is 26.6 Å². The molecule has 0 bridgehead atoms. The van der Waals surface area contributed by atoms with E-state index in [9.17, 15) is 0 Å². The molecule has 0 aliphatic carbocycles. The second-order valence-electron chi connectivity index (χ2n) is 9.98. The summed E-state index contributed by atoms with van der Waals surface area (Å²) >= 11 is 0. The molecular formula is C30H32N4OPt. The second kappa shape index (κ2) is 10.3. The Morgan fingerprint density at radius 1 is 0.861 bits per heavy atom. The average molecular weight is 660 g/mol. The summed E-state index contributed by atoms with van der Waals surface area (Å²) in [5.74, 6) is 1.70. The number of hydrogen-bond donors (Lipinski definition) is 0. The van der Waals surface area contributed by atoms with Crippen molar-refractivity contribution in [2.24, 2.45) is 0 Å². The van der Waals surface area contributed by atoms with Crippen LogP contribution in [0.3, 0.4) is 0 Å². The first-order chi connectivity index (χ1) is 16.7. The van der Waals surface area contributed by atoms with Gasteiger partial charge in [0.1, 0.15) is 0 Å². The van der Waals surface area contributed by atoms with E-state index in [0.717, 1.165) is 17.1 Å². The molecule has 36 heavy (non-hydrogen) atoms. The van der Waals surface area contributed by atoms with Gasteiger partial charge in [-0.15, -0.1) is 53.3 Å². The molecular weight excluding hydrogens is 627 g/mol. The quantitative estimate of drug-likeness (QED) is 0.275. The third-order valence-corrected chi connectivity index (χ3v) is 6.79. The summed E-state index contributed by atoms with van der Waals surface area (Å²) in [6.07, 6.45) is 4.03. The number of anilines is 3. The third-order valence-electron chi connectivity index (χ3n) is 6.79. The van der Waals surface area contributed by atoms with Crippen LogP contribution in [0, 0.1) is 25.5 Å². The van der Waals surface area contributed by atoms with Crippen LogP contribution in [0.1, 0.15) is 44.7 Å². The monoisotopic (exact) mass is 659 g/mol. The SMILES string of the molecule is CC(C)c1cc(Oc2[c-]c(N3[CH-]N(C)C(C)(C)c4ccccc43)ccc2)[c-]c(N2C=CN(C)[CH-]2)c1.[Pt+4]. The van der Waals surface area contributed by atoms with Gasteiger partial charge < -0.3 is 24.3 Å². The molecule has 3 aromatic rings. The van der Waals surface area contributed by atoms with Crippen molar-refractivity contribution in [3.8, 4) is 11.5 Å². The number of benzene rings is 3. The molecule has 2 aliphatic rings. The number of rotatable bonds is 5. The van der Waals surface area contributed by atoms with Crippen LogP contribution >= 0.6 is 0 Å². The van der Waals surface area contributed by atoms with E-state index in [0.29, 0.717) is 17.4 Å². The van der Waals surface area contributed by atoms with Gasteiger partial charge in [-0.25, -0.2) is 0 Å².